The zero-order chi connectivity index (χ0) is 13.9. The first-order chi connectivity index (χ1) is 9.74. The van der Waals surface area contributed by atoms with E-state index in [1.807, 2.05) is 24.3 Å². The number of nitrogens with zero attached hydrogens (tertiary/aromatic N) is 1. The lowest BCUT2D eigenvalue weighted by atomic mass is 9.92. The van der Waals surface area contributed by atoms with Gasteiger partial charge >= 0.3 is 0 Å². The molecule has 1 aliphatic carbocycles. The molecule has 1 heterocycles. The summed E-state index contributed by atoms with van der Waals surface area (Å²) in [6, 6.07) is 10.2. The van der Waals surface area contributed by atoms with Gasteiger partial charge in [-0.3, -0.25) is 0 Å². The maximum absolute atomic E-state index is 9.98. The van der Waals surface area contributed by atoms with E-state index in [4.69, 9.17) is 11.6 Å². The average molecular weight is 291 g/mol. The van der Waals surface area contributed by atoms with E-state index >= 15 is 0 Å². The fourth-order valence-corrected chi connectivity index (χ4v) is 3.06. The molecule has 0 radical (unpaired) electrons. The molecule has 20 heavy (non-hydrogen) atoms. The maximum Gasteiger partial charge on any atom is 0.134 e. The molecule has 1 aromatic carbocycles. The molecule has 1 aromatic heterocycles. The molecule has 0 spiro atoms. The number of hydrogen-bond acceptors (Lipinski definition) is 3. The van der Waals surface area contributed by atoms with Gasteiger partial charge in [0.25, 0.3) is 0 Å². The van der Waals surface area contributed by atoms with Crippen molar-refractivity contribution in [2.75, 3.05) is 0 Å². The Kier molecular flexibility index (Phi) is 4.20. The molecule has 1 aliphatic rings. The number of rotatable bonds is 3. The van der Waals surface area contributed by atoms with Gasteiger partial charge in [0.15, 0.2) is 0 Å². The predicted octanol–water partition coefficient (Wildman–Crippen LogP) is 3.28. The topological polar surface area (TPSA) is 45.1 Å². The Morgan fingerprint density at radius 2 is 2.05 bits per heavy atom. The van der Waals surface area contributed by atoms with Crippen LogP contribution in [0.15, 0.2) is 30.3 Å². The second-order valence-corrected chi connectivity index (χ2v) is 5.83. The van der Waals surface area contributed by atoms with Crippen LogP contribution in [-0.2, 0) is 6.54 Å². The van der Waals surface area contributed by atoms with E-state index in [1.54, 1.807) is 0 Å². The SMILES string of the molecule is O[C@H]1CCCC[C@@H]1NCc1cc2ccccc2nc1Cl. The molecule has 2 atom stereocenters. The van der Waals surface area contributed by atoms with Crippen LogP contribution in [0.5, 0.6) is 0 Å². The number of pyridine rings is 1. The summed E-state index contributed by atoms with van der Waals surface area (Å²) in [7, 11) is 0. The molecule has 0 bridgehead atoms. The summed E-state index contributed by atoms with van der Waals surface area (Å²) in [6.45, 7) is 0.651. The molecule has 3 rings (SSSR count). The lowest BCUT2D eigenvalue weighted by Gasteiger charge is -2.28. The molecule has 1 saturated carbocycles. The van der Waals surface area contributed by atoms with Gasteiger partial charge in [0.05, 0.1) is 11.6 Å². The molecule has 0 amide bonds. The number of benzene rings is 1. The second kappa shape index (κ2) is 6.08. The van der Waals surface area contributed by atoms with Gasteiger partial charge in [-0.25, -0.2) is 4.98 Å². The van der Waals surface area contributed by atoms with Gasteiger partial charge in [0, 0.05) is 23.5 Å². The molecule has 1 fully saturated rings. The number of nitrogens with one attached hydrogen (secondary N) is 1. The lowest BCUT2D eigenvalue weighted by Crippen LogP contribution is -2.41. The standard InChI is InChI=1S/C16H19ClN2O/c17-16-12(9-11-5-1-2-6-13(11)19-16)10-18-14-7-3-4-8-15(14)20/h1-2,5-6,9,14-15,18,20H,3-4,7-8,10H2/t14-,15-/m0/s1. The highest BCUT2D eigenvalue weighted by Gasteiger charge is 2.22. The number of aliphatic hydroxyl groups excluding tert-OH is 1. The van der Waals surface area contributed by atoms with Crippen LogP contribution in [0.3, 0.4) is 0 Å². The minimum atomic E-state index is -0.240. The molecule has 4 heteroatoms. The number of halogens is 1. The summed E-state index contributed by atoms with van der Waals surface area (Å²) in [4.78, 5) is 4.42. The number of aliphatic hydroxyl groups is 1. The summed E-state index contributed by atoms with van der Waals surface area (Å²) in [5, 5.41) is 15.0. The largest absolute Gasteiger partial charge is 0.392 e. The normalized spacial score (nSPS) is 23.1. The first-order valence-corrected chi connectivity index (χ1v) is 7.57. The Morgan fingerprint density at radius 3 is 2.90 bits per heavy atom. The summed E-state index contributed by atoms with van der Waals surface area (Å²) in [5.41, 5.74) is 1.90. The van der Waals surface area contributed by atoms with Crippen LogP contribution in [0.1, 0.15) is 31.2 Å². The van der Waals surface area contributed by atoms with Crippen molar-refractivity contribution in [3.8, 4) is 0 Å². The van der Waals surface area contributed by atoms with E-state index in [9.17, 15) is 5.11 Å². The highest BCUT2D eigenvalue weighted by Crippen LogP contribution is 2.22. The molecule has 3 nitrogen and oxygen atoms in total. The number of hydrogen-bond donors (Lipinski definition) is 2. The first-order valence-electron chi connectivity index (χ1n) is 7.19. The zero-order valence-electron chi connectivity index (χ0n) is 11.3. The quantitative estimate of drug-likeness (QED) is 0.853. The Hall–Kier alpha value is -1.16. The maximum atomic E-state index is 9.98. The van der Waals surface area contributed by atoms with Crippen molar-refractivity contribution in [2.45, 2.75) is 44.4 Å². The van der Waals surface area contributed by atoms with Gasteiger partial charge in [-0.2, -0.15) is 0 Å². The van der Waals surface area contributed by atoms with E-state index in [0.29, 0.717) is 11.7 Å². The highest BCUT2D eigenvalue weighted by molar-refractivity contribution is 6.30. The molecule has 0 aliphatic heterocycles. The van der Waals surface area contributed by atoms with Crippen molar-refractivity contribution >= 4 is 22.5 Å². The van der Waals surface area contributed by atoms with Gasteiger partial charge in [0.1, 0.15) is 5.15 Å². The summed E-state index contributed by atoms with van der Waals surface area (Å²) in [6.07, 6.45) is 3.98. The summed E-state index contributed by atoms with van der Waals surface area (Å²) < 4.78 is 0. The predicted molar refractivity (Wildman–Crippen MR) is 81.9 cm³/mol. The van der Waals surface area contributed by atoms with Crippen molar-refractivity contribution in [1.82, 2.24) is 10.3 Å². The molecule has 0 unspecified atom stereocenters. The molecular formula is C16H19ClN2O. The monoisotopic (exact) mass is 290 g/mol. The Bertz CT molecular complexity index is 602. The van der Waals surface area contributed by atoms with Crippen LogP contribution in [-0.4, -0.2) is 22.2 Å². The van der Waals surface area contributed by atoms with Crippen molar-refractivity contribution in [2.24, 2.45) is 0 Å². The van der Waals surface area contributed by atoms with Gasteiger partial charge in [-0.1, -0.05) is 42.6 Å². The Balaban J connectivity index is 1.75. The summed E-state index contributed by atoms with van der Waals surface area (Å²) >= 11 is 6.24. The van der Waals surface area contributed by atoms with Crippen molar-refractivity contribution in [3.63, 3.8) is 0 Å². The third kappa shape index (κ3) is 2.95. The van der Waals surface area contributed by atoms with Crippen molar-refractivity contribution in [1.29, 1.82) is 0 Å². The first kappa shape index (κ1) is 13.8. The minimum Gasteiger partial charge on any atom is -0.392 e. The molecular weight excluding hydrogens is 272 g/mol. The van der Waals surface area contributed by atoms with Gasteiger partial charge in [-0.05, 0) is 25.0 Å². The van der Waals surface area contributed by atoms with E-state index in [2.05, 4.69) is 16.4 Å². The number of fused-ring (bicyclic) bond motifs is 1. The van der Waals surface area contributed by atoms with E-state index in [1.165, 1.54) is 6.42 Å². The van der Waals surface area contributed by atoms with Crippen LogP contribution in [0.25, 0.3) is 10.9 Å². The minimum absolute atomic E-state index is 0.172. The van der Waals surface area contributed by atoms with Crippen LogP contribution >= 0.6 is 11.6 Å². The molecule has 2 aromatic rings. The summed E-state index contributed by atoms with van der Waals surface area (Å²) in [5.74, 6) is 0. The smallest absolute Gasteiger partial charge is 0.134 e. The third-order valence-electron chi connectivity index (χ3n) is 4.03. The van der Waals surface area contributed by atoms with E-state index < -0.39 is 0 Å². The molecule has 2 N–H and O–H groups in total. The van der Waals surface area contributed by atoms with Crippen LogP contribution in [0.4, 0.5) is 0 Å². The fourth-order valence-electron chi connectivity index (χ4n) is 2.85. The number of aromatic nitrogens is 1. The third-order valence-corrected chi connectivity index (χ3v) is 4.36. The van der Waals surface area contributed by atoms with E-state index in [-0.39, 0.29) is 12.1 Å². The van der Waals surface area contributed by atoms with Gasteiger partial charge in [0.2, 0.25) is 0 Å². The van der Waals surface area contributed by atoms with Crippen molar-refractivity contribution < 1.29 is 5.11 Å². The Labute approximate surface area is 124 Å². The van der Waals surface area contributed by atoms with Gasteiger partial charge in [-0.15, -0.1) is 0 Å². The second-order valence-electron chi connectivity index (χ2n) is 5.47. The zero-order valence-corrected chi connectivity index (χ0v) is 12.1. The highest BCUT2D eigenvalue weighted by atomic mass is 35.5. The van der Waals surface area contributed by atoms with Crippen LogP contribution < -0.4 is 5.32 Å². The van der Waals surface area contributed by atoms with E-state index in [0.717, 1.165) is 35.7 Å². The van der Waals surface area contributed by atoms with Gasteiger partial charge < -0.3 is 10.4 Å². The Morgan fingerprint density at radius 1 is 1.25 bits per heavy atom. The average Bonchev–Trinajstić information content (AvgIpc) is 2.46. The fraction of sp³-hybridized carbons (Fsp3) is 0.438. The lowest BCUT2D eigenvalue weighted by molar-refractivity contribution is 0.0902. The van der Waals surface area contributed by atoms with Crippen LogP contribution in [0, 0.1) is 0 Å². The van der Waals surface area contributed by atoms with Crippen molar-refractivity contribution in [3.05, 3.63) is 41.0 Å². The van der Waals surface area contributed by atoms with Crippen LogP contribution in [0.2, 0.25) is 5.15 Å². The number of para-hydroxylation sites is 1. The molecule has 106 valence electrons. The molecule has 0 saturated heterocycles.